The maximum absolute atomic E-state index is 11.3. The molecule has 1 unspecified atom stereocenters. The van der Waals surface area contributed by atoms with Gasteiger partial charge in [-0.25, -0.2) is 0 Å². The Morgan fingerprint density at radius 2 is 1.77 bits per heavy atom. The Morgan fingerprint density at radius 3 is 2.00 bits per heavy atom. The molecule has 1 heteroatoms. The highest BCUT2D eigenvalue weighted by Gasteiger charge is 2.28. The molecule has 0 fully saturated rings. The van der Waals surface area contributed by atoms with Crippen LogP contribution in [0, 0.1) is 17.3 Å². The SMILES string of the molecule is CCC(CC(C)(C)C(C)=O)C(C)C. The zero-order valence-corrected chi connectivity index (χ0v) is 9.98. The Labute approximate surface area is 82.9 Å². The third-order valence-corrected chi connectivity index (χ3v) is 3.19. The molecule has 1 atom stereocenters. The van der Waals surface area contributed by atoms with E-state index < -0.39 is 0 Å². The fourth-order valence-corrected chi connectivity index (χ4v) is 1.65. The summed E-state index contributed by atoms with van der Waals surface area (Å²) in [6, 6.07) is 0. The van der Waals surface area contributed by atoms with Gasteiger partial charge in [0.25, 0.3) is 0 Å². The predicted molar refractivity (Wildman–Crippen MR) is 57.7 cm³/mol. The molecule has 1 nitrogen and oxygen atoms in total. The molecule has 0 radical (unpaired) electrons. The first-order valence-corrected chi connectivity index (χ1v) is 5.32. The number of rotatable bonds is 5. The van der Waals surface area contributed by atoms with Crippen LogP contribution in [-0.4, -0.2) is 5.78 Å². The topological polar surface area (TPSA) is 17.1 Å². The van der Waals surface area contributed by atoms with Crippen LogP contribution < -0.4 is 0 Å². The molecule has 0 bridgehead atoms. The summed E-state index contributed by atoms with van der Waals surface area (Å²) >= 11 is 0. The molecule has 0 amide bonds. The van der Waals surface area contributed by atoms with Crippen molar-refractivity contribution in [2.75, 3.05) is 0 Å². The van der Waals surface area contributed by atoms with Crippen LogP contribution in [0.5, 0.6) is 0 Å². The van der Waals surface area contributed by atoms with E-state index in [1.54, 1.807) is 6.92 Å². The maximum Gasteiger partial charge on any atom is 0.135 e. The minimum absolute atomic E-state index is 0.134. The average molecular weight is 184 g/mol. The van der Waals surface area contributed by atoms with Gasteiger partial charge >= 0.3 is 0 Å². The lowest BCUT2D eigenvalue weighted by Gasteiger charge is -2.29. The second kappa shape index (κ2) is 4.78. The van der Waals surface area contributed by atoms with Gasteiger partial charge in [-0.2, -0.15) is 0 Å². The van der Waals surface area contributed by atoms with Crippen molar-refractivity contribution in [3.05, 3.63) is 0 Å². The molecule has 0 aromatic rings. The molecule has 0 rings (SSSR count). The Bertz CT molecular complexity index is 168. The highest BCUT2D eigenvalue weighted by Crippen LogP contribution is 2.31. The molecule has 0 heterocycles. The summed E-state index contributed by atoms with van der Waals surface area (Å²) in [5.74, 6) is 1.68. The van der Waals surface area contributed by atoms with E-state index in [0.29, 0.717) is 17.6 Å². The second-order valence-corrected chi connectivity index (χ2v) is 5.06. The molecular formula is C12H24O. The van der Waals surface area contributed by atoms with Gasteiger partial charge in [0.05, 0.1) is 0 Å². The quantitative estimate of drug-likeness (QED) is 0.637. The minimum Gasteiger partial charge on any atom is -0.299 e. The van der Waals surface area contributed by atoms with E-state index in [4.69, 9.17) is 0 Å². The van der Waals surface area contributed by atoms with E-state index in [0.717, 1.165) is 6.42 Å². The van der Waals surface area contributed by atoms with Crippen LogP contribution in [0.4, 0.5) is 0 Å². The summed E-state index contributed by atoms with van der Waals surface area (Å²) in [5, 5.41) is 0. The van der Waals surface area contributed by atoms with Gasteiger partial charge in [-0.05, 0) is 25.2 Å². The van der Waals surface area contributed by atoms with Crippen LogP contribution in [-0.2, 0) is 4.79 Å². The smallest absolute Gasteiger partial charge is 0.135 e. The van der Waals surface area contributed by atoms with Crippen molar-refractivity contribution >= 4 is 5.78 Å². The monoisotopic (exact) mass is 184 g/mol. The van der Waals surface area contributed by atoms with Crippen molar-refractivity contribution in [2.24, 2.45) is 17.3 Å². The van der Waals surface area contributed by atoms with Gasteiger partial charge < -0.3 is 0 Å². The zero-order chi connectivity index (χ0) is 10.6. The fraction of sp³-hybridized carbons (Fsp3) is 0.917. The fourth-order valence-electron chi connectivity index (χ4n) is 1.65. The number of Topliss-reactive ketones (excluding diaryl/α,β-unsaturated/α-hetero) is 1. The Balaban J connectivity index is 4.30. The van der Waals surface area contributed by atoms with Gasteiger partial charge in [-0.1, -0.05) is 41.0 Å². The first kappa shape index (κ1) is 12.7. The molecule has 78 valence electrons. The lowest BCUT2D eigenvalue weighted by Crippen LogP contribution is -2.26. The molecule has 13 heavy (non-hydrogen) atoms. The van der Waals surface area contributed by atoms with Crippen LogP contribution in [0.25, 0.3) is 0 Å². The molecule has 0 aliphatic rings. The summed E-state index contributed by atoms with van der Waals surface area (Å²) in [7, 11) is 0. The molecule has 0 aromatic heterocycles. The summed E-state index contributed by atoms with van der Waals surface area (Å²) in [6.07, 6.45) is 2.20. The van der Waals surface area contributed by atoms with E-state index in [1.165, 1.54) is 6.42 Å². The maximum atomic E-state index is 11.3. The number of hydrogen-bond donors (Lipinski definition) is 0. The molecular weight excluding hydrogens is 160 g/mol. The van der Waals surface area contributed by atoms with Gasteiger partial charge in [0.15, 0.2) is 0 Å². The standard InChI is InChI=1S/C12H24O/c1-7-11(9(2)3)8-12(5,6)10(4)13/h9,11H,7-8H2,1-6H3. The number of hydrogen-bond acceptors (Lipinski definition) is 1. The first-order valence-electron chi connectivity index (χ1n) is 5.32. The predicted octanol–water partition coefficient (Wildman–Crippen LogP) is 3.67. The van der Waals surface area contributed by atoms with Crippen molar-refractivity contribution in [3.8, 4) is 0 Å². The van der Waals surface area contributed by atoms with E-state index in [1.807, 2.05) is 0 Å². The Kier molecular flexibility index (Phi) is 4.66. The Hall–Kier alpha value is -0.330. The van der Waals surface area contributed by atoms with Crippen molar-refractivity contribution in [1.29, 1.82) is 0 Å². The highest BCUT2D eigenvalue weighted by atomic mass is 16.1. The largest absolute Gasteiger partial charge is 0.299 e. The molecule has 0 saturated carbocycles. The molecule has 0 spiro atoms. The third-order valence-electron chi connectivity index (χ3n) is 3.19. The van der Waals surface area contributed by atoms with Gasteiger partial charge in [0, 0.05) is 5.41 Å². The number of carbonyl (C=O) groups excluding carboxylic acids is 1. The average Bonchev–Trinajstić information content (AvgIpc) is 1.99. The van der Waals surface area contributed by atoms with Crippen LogP contribution in [0.15, 0.2) is 0 Å². The molecule has 0 aromatic carbocycles. The summed E-state index contributed by atoms with van der Waals surface area (Å²) in [6.45, 7) is 12.5. The lowest BCUT2D eigenvalue weighted by molar-refractivity contribution is -0.125. The minimum atomic E-state index is -0.134. The van der Waals surface area contributed by atoms with Crippen LogP contribution in [0.2, 0.25) is 0 Å². The zero-order valence-electron chi connectivity index (χ0n) is 9.98. The van der Waals surface area contributed by atoms with Gasteiger partial charge in [-0.3, -0.25) is 4.79 Å². The molecule has 0 aliphatic heterocycles. The van der Waals surface area contributed by atoms with Crippen LogP contribution in [0.3, 0.4) is 0 Å². The van der Waals surface area contributed by atoms with Crippen molar-refractivity contribution in [3.63, 3.8) is 0 Å². The van der Waals surface area contributed by atoms with Gasteiger partial charge in [0.2, 0.25) is 0 Å². The van der Waals surface area contributed by atoms with E-state index in [9.17, 15) is 4.79 Å². The first-order chi connectivity index (χ1) is 5.81. The van der Waals surface area contributed by atoms with Crippen molar-refractivity contribution in [1.82, 2.24) is 0 Å². The van der Waals surface area contributed by atoms with E-state index >= 15 is 0 Å². The van der Waals surface area contributed by atoms with Crippen LogP contribution in [0.1, 0.15) is 54.4 Å². The lowest BCUT2D eigenvalue weighted by atomic mass is 9.75. The number of ketones is 1. The van der Waals surface area contributed by atoms with E-state index in [-0.39, 0.29) is 5.41 Å². The van der Waals surface area contributed by atoms with Gasteiger partial charge in [-0.15, -0.1) is 0 Å². The molecule has 0 N–H and O–H groups in total. The normalized spacial score (nSPS) is 14.7. The third kappa shape index (κ3) is 3.93. The van der Waals surface area contributed by atoms with Gasteiger partial charge in [0.1, 0.15) is 5.78 Å². The summed E-state index contributed by atoms with van der Waals surface area (Å²) in [5.41, 5.74) is -0.134. The molecule has 0 aliphatic carbocycles. The second-order valence-electron chi connectivity index (χ2n) is 5.06. The van der Waals surface area contributed by atoms with Crippen molar-refractivity contribution in [2.45, 2.75) is 54.4 Å². The Morgan fingerprint density at radius 1 is 1.31 bits per heavy atom. The number of carbonyl (C=O) groups is 1. The van der Waals surface area contributed by atoms with Crippen molar-refractivity contribution < 1.29 is 4.79 Å². The highest BCUT2D eigenvalue weighted by molar-refractivity contribution is 5.81. The van der Waals surface area contributed by atoms with Crippen LogP contribution >= 0.6 is 0 Å². The summed E-state index contributed by atoms with van der Waals surface area (Å²) in [4.78, 5) is 11.3. The van der Waals surface area contributed by atoms with E-state index in [2.05, 4.69) is 34.6 Å². The molecule has 0 saturated heterocycles. The summed E-state index contributed by atoms with van der Waals surface area (Å²) < 4.78 is 0.